The maximum absolute atomic E-state index is 11.7. The molecule has 1 unspecified atom stereocenters. The third-order valence-electron chi connectivity index (χ3n) is 2.66. The molecular formula is C11H11N3O3. The van der Waals surface area contributed by atoms with Crippen LogP contribution in [0.5, 0.6) is 0 Å². The Kier molecular flexibility index (Phi) is 2.12. The molecule has 0 saturated carbocycles. The maximum atomic E-state index is 11.7. The van der Waals surface area contributed by atoms with Gasteiger partial charge in [0.1, 0.15) is 6.26 Å². The number of nitrogens with two attached hydrogens (primary N) is 1. The monoisotopic (exact) mass is 233 g/mol. The van der Waals surface area contributed by atoms with Gasteiger partial charge in [-0.2, -0.15) is 0 Å². The van der Waals surface area contributed by atoms with Crippen molar-refractivity contribution in [2.45, 2.75) is 25.8 Å². The third kappa shape index (κ3) is 1.66. The standard InChI is InChI=1S/C11H11N3O3/c1-5-4-16-10(13-5)11-14-7-2-6(12)3-8(15)9(7)17-11/h4,6H,2-3,12H2,1H3. The van der Waals surface area contributed by atoms with E-state index in [0.717, 1.165) is 5.69 Å². The summed E-state index contributed by atoms with van der Waals surface area (Å²) in [5.41, 5.74) is 7.08. The van der Waals surface area contributed by atoms with Gasteiger partial charge < -0.3 is 14.6 Å². The van der Waals surface area contributed by atoms with Crippen molar-refractivity contribution in [3.8, 4) is 11.8 Å². The van der Waals surface area contributed by atoms with Crippen LogP contribution < -0.4 is 5.73 Å². The fraction of sp³-hybridized carbons (Fsp3) is 0.364. The molecule has 2 aromatic heterocycles. The normalized spacial score (nSPS) is 19.4. The van der Waals surface area contributed by atoms with Gasteiger partial charge in [-0.1, -0.05) is 0 Å². The predicted octanol–water partition coefficient (Wildman–Crippen LogP) is 1.09. The molecule has 0 spiro atoms. The summed E-state index contributed by atoms with van der Waals surface area (Å²) in [4.78, 5) is 20.0. The molecule has 0 aliphatic heterocycles. The lowest BCUT2D eigenvalue weighted by molar-refractivity contribution is 0.0937. The first kappa shape index (κ1) is 10.2. The summed E-state index contributed by atoms with van der Waals surface area (Å²) in [6.45, 7) is 1.80. The van der Waals surface area contributed by atoms with E-state index in [0.29, 0.717) is 24.4 Å². The third-order valence-corrected chi connectivity index (χ3v) is 2.66. The molecule has 0 fully saturated rings. The number of Topliss-reactive ketones (excluding diaryl/α,β-unsaturated/α-hetero) is 1. The van der Waals surface area contributed by atoms with Crippen LogP contribution in [-0.2, 0) is 6.42 Å². The average Bonchev–Trinajstić information content (AvgIpc) is 2.83. The van der Waals surface area contributed by atoms with Gasteiger partial charge in [-0.05, 0) is 6.92 Å². The van der Waals surface area contributed by atoms with Crippen molar-refractivity contribution >= 4 is 5.78 Å². The first-order valence-corrected chi connectivity index (χ1v) is 5.34. The van der Waals surface area contributed by atoms with Gasteiger partial charge in [0, 0.05) is 18.9 Å². The van der Waals surface area contributed by atoms with Crippen LogP contribution in [0, 0.1) is 6.92 Å². The number of aryl methyl sites for hydroxylation is 1. The molecule has 2 aromatic rings. The number of hydrogen-bond acceptors (Lipinski definition) is 6. The molecule has 2 heterocycles. The smallest absolute Gasteiger partial charge is 0.284 e. The summed E-state index contributed by atoms with van der Waals surface area (Å²) in [5, 5.41) is 0. The fourth-order valence-corrected chi connectivity index (χ4v) is 1.90. The molecule has 0 bridgehead atoms. The van der Waals surface area contributed by atoms with Gasteiger partial charge in [0.15, 0.2) is 5.76 Å². The molecule has 3 rings (SSSR count). The Balaban J connectivity index is 2.05. The predicted molar refractivity (Wildman–Crippen MR) is 57.4 cm³/mol. The number of ketones is 1. The molecule has 0 radical (unpaired) electrons. The summed E-state index contributed by atoms with van der Waals surface area (Å²) < 4.78 is 10.6. The summed E-state index contributed by atoms with van der Waals surface area (Å²) in [5.74, 6) is 0.710. The Morgan fingerprint density at radius 3 is 2.88 bits per heavy atom. The van der Waals surface area contributed by atoms with Crippen LogP contribution in [0.3, 0.4) is 0 Å². The zero-order chi connectivity index (χ0) is 12.0. The van der Waals surface area contributed by atoms with Crippen LogP contribution in [0.25, 0.3) is 11.8 Å². The van der Waals surface area contributed by atoms with Crippen LogP contribution in [-0.4, -0.2) is 21.8 Å². The molecule has 88 valence electrons. The molecule has 1 aliphatic carbocycles. The number of oxazole rings is 2. The Morgan fingerprint density at radius 2 is 2.18 bits per heavy atom. The highest BCUT2D eigenvalue weighted by Gasteiger charge is 2.29. The SMILES string of the molecule is Cc1coc(-c2nc3c(o2)C(=O)CC(N)C3)n1. The topological polar surface area (TPSA) is 95.2 Å². The molecular weight excluding hydrogens is 222 g/mol. The van der Waals surface area contributed by atoms with E-state index in [1.807, 2.05) is 0 Å². The number of carbonyl (C=O) groups excluding carboxylic acids is 1. The van der Waals surface area contributed by atoms with Crippen molar-refractivity contribution in [1.29, 1.82) is 0 Å². The van der Waals surface area contributed by atoms with E-state index in [2.05, 4.69) is 9.97 Å². The number of rotatable bonds is 1. The molecule has 1 aliphatic rings. The van der Waals surface area contributed by atoms with Crippen molar-refractivity contribution in [2.24, 2.45) is 5.73 Å². The summed E-state index contributed by atoms with van der Waals surface area (Å²) >= 11 is 0. The van der Waals surface area contributed by atoms with Crippen LogP contribution in [0.1, 0.15) is 28.4 Å². The van der Waals surface area contributed by atoms with Crippen LogP contribution in [0.15, 0.2) is 15.1 Å². The molecule has 0 amide bonds. The van der Waals surface area contributed by atoms with Crippen molar-refractivity contribution in [3.05, 3.63) is 23.4 Å². The highest BCUT2D eigenvalue weighted by Crippen LogP contribution is 2.26. The minimum absolute atomic E-state index is 0.110. The van der Waals surface area contributed by atoms with Gasteiger partial charge in [-0.3, -0.25) is 4.79 Å². The van der Waals surface area contributed by atoms with E-state index in [1.54, 1.807) is 6.92 Å². The number of hydrogen-bond donors (Lipinski definition) is 1. The second-order valence-electron chi connectivity index (χ2n) is 4.18. The highest BCUT2D eigenvalue weighted by atomic mass is 16.4. The second-order valence-corrected chi connectivity index (χ2v) is 4.18. The van der Waals surface area contributed by atoms with Gasteiger partial charge in [-0.25, -0.2) is 9.97 Å². The number of nitrogens with zero attached hydrogens (tertiary/aromatic N) is 2. The lowest BCUT2D eigenvalue weighted by Crippen LogP contribution is -2.31. The first-order chi connectivity index (χ1) is 8.13. The summed E-state index contributed by atoms with van der Waals surface area (Å²) in [6, 6.07) is -0.181. The van der Waals surface area contributed by atoms with Gasteiger partial charge >= 0.3 is 0 Å². The van der Waals surface area contributed by atoms with E-state index in [4.69, 9.17) is 14.6 Å². The summed E-state index contributed by atoms with van der Waals surface area (Å²) in [7, 11) is 0. The minimum Gasteiger partial charge on any atom is -0.441 e. The number of carbonyl (C=O) groups is 1. The van der Waals surface area contributed by atoms with Crippen molar-refractivity contribution in [2.75, 3.05) is 0 Å². The van der Waals surface area contributed by atoms with Gasteiger partial charge in [0.2, 0.25) is 5.78 Å². The largest absolute Gasteiger partial charge is 0.441 e. The van der Waals surface area contributed by atoms with Gasteiger partial charge in [-0.15, -0.1) is 0 Å². The molecule has 2 N–H and O–H groups in total. The zero-order valence-electron chi connectivity index (χ0n) is 9.27. The lowest BCUT2D eigenvalue weighted by atomic mass is 9.97. The molecule has 6 nitrogen and oxygen atoms in total. The quantitative estimate of drug-likeness (QED) is 0.792. The molecule has 6 heteroatoms. The number of fused-ring (bicyclic) bond motifs is 1. The van der Waals surface area contributed by atoms with E-state index in [9.17, 15) is 4.79 Å². The molecule has 0 aromatic carbocycles. The highest BCUT2D eigenvalue weighted by molar-refractivity contribution is 5.96. The zero-order valence-corrected chi connectivity index (χ0v) is 9.27. The van der Waals surface area contributed by atoms with E-state index in [-0.39, 0.29) is 23.5 Å². The molecule has 0 saturated heterocycles. The summed E-state index contributed by atoms with van der Waals surface area (Å²) in [6.07, 6.45) is 2.35. The maximum Gasteiger partial charge on any atom is 0.284 e. The van der Waals surface area contributed by atoms with Gasteiger partial charge in [0.05, 0.1) is 11.4 Å². The second kappa shape index (κ2) is 3.53. The van der Waals surface area contributed by atoms with Crippen LogP contribution in [0.2, 0.25) is 0 Å². The van der Waals surface area contributed by atoms with E-state index >= 15 is 0 Å². The molecule has 1 atom stereocenters. The van der Waals surface area contributed by atoms with Crippen LogP contribution in [0.4, 0.5) is 0 Å². The van der Waals surface area contributed by atoms with Gasteiger partial charge in [0.25, 0.3) is 11.8 Å². The Hall–Kier alpha value is -1.95. The average molecular weight is 233 g/mol. The molecule has 17 heavy (non-hydrogen) atoms. The Labute approximate surface area is 96.8 Å². The Bertz CT molecular complexity index is 585. The first-order valence-electron chi connectivity index (χ1n) is 5.34. The number of aromatic nitrogens is 2. The minimum atomic E-state index is -0.181. The van der Waals surface area contributed by atoms with Crippen LogP contribution >= 0.6 is 0 Å². The van der Waals surface area contributed by atoms with Crippen molar-refractivity contribution in [1.82, 2.24) is 9.97 Å². The Morgan fingerprint density at radius 1 is 1.35 bits per heavy atom. The fourth-order valence-electron chi connectivity index (χ4n) is 1.90. The van der Waals surface area contributed by atoms with Crippen molar-refractivity contribution in [3.63, 3.8) is 0 Å². The van der Waals surface area contributed by atoms with E-state index < -0.39 is 0 Å². The van der Waals surface area contributed by atoms with Crippen molar-refractivity contribution < 1.29 is 13.6 Å². The lowest BCUT2D eigenvalue weighted by Gasteiger charge is -2.13. The van der Waals surface area contributed by atoms with E-state index in [1.165, 1.54) is 6.26 Å².